The van der Waals surface area contributed by atoms with E-state index in [4.69, 9.17) is 10.5 Å². The Morgan fingerprint density at radius 3 is 2.57 bits per heavy atom. The summed E-state index contributed by atoms with van der Waals surface area (Å²) in [5, 5.41) is 5.93. The van der Waals surface area contributed by atoms with Gasteiger partial charge < -0.3 is 21.1 Å². The molecule has 0 saturated heterocycles. The van der Waals surface area contributed by atoms with Crippen LogP contribution in [-0.4, -0.2) is 30.0 Å². The number of ether oxygens (including phenoxy) is 1. The zero-order valence-electron chi connectivity index (χ0n) is 15.7. The summed E-state index contributed by atoms with van der Waals surface area (Å²) in [5.41, 5.74) is 8.07. The summed E-state index contributed by atoms with van der Waals surface area (Å²) in [6.45, 7) is 0. The van der Waals surface area contributed by atoms with Gasteiger partial charge in [0.2, 0.25) is 0 Å². The van der Waals surface area contributed by atoms with Gasteiger partial charge in [0, 0.05) is 29.8 Å². The van der Waals surface area contributed by atoms with Crippen LogP contribution >= 0.6 is 0 Å². The van der Waals surface area contributed by atoms with E-state index in [-0.39, 0.29) is 23.9 Å². The van der Waals surface area contributed by atoms with Gasteiger partial charge in [-0.25, -0.2) is 0 Å². The molecule has 1 atom stereocenters. The average molecular weight is 379 g/mol. The molecule has 28 heavy (non-hydrogen) atoms. The fraction of sp³-hybridized carbons (Fsp3) is 0.364. The van der Waals surface area contributed by atoms with Gasteiger partial charge in [0.05, 0.1) is 0 Å². The standard InChI is InChI=1S/C22H25N3O3/c23-16-8-10-17(11-9-16)24-21(26)15-5-3-6-18(12-15)25-22(27)20-13-14-4-1-2-7-19(14)28-20/h1-7,12,16-17,20H,8-11,13,23H2,(H,24,26)(H,25,27). The van der Waals surface area contributed by atoms with E-state index in [9.17, 15) is 9.59 Å². The predicted molar refractivity (Wildman–Crippen MR) is 107 cm³/mol. The highest BCUT2D eigenvalue weighted by Crippen LogP contribution is 2.28. The molecule has 2 aromatic carbocycles. The number of hydrogen-bond acceptors (Lipinski definition) is 4. The molecule has 0 radical (unpaired) electrons. The van der Waals surface area contributed by atoms with Crippen LogP contribution in [0.5, 0.6) is 5.75 Å². The van der Waals surface area contributed by atoms with Crippen molar-refractivity contribution < 1.29 is 14.3 Å². The maximum atomic E-state index is 12.6. The van der Waals surface area contributed by atoms with Crippen LogP contribution in [0.2, 0.25) is 0 Å². The minimum atomic E-state index is -0.554. The lowest BCUT2D eigenvalue weighted by Gasteiger charge is -2.26. The molecule has 0 aromatic heterocycles. The van der Waals surface area contributed by atoms with Crippen LogP contribution in [0.1, 0.15) is 41.6 Å². The van der Waals surface area contributed by atoms with Gasteiger partial charge in [-0.2, -0.15) is 0 Å². The first-order chi connectivity index (χ1) is 13.6. The van der Waals surface area contributed by atoms with Gasteiger partial charge in [-0.05, 0) is 55.5 Å². The lowest BCUT2D eigenvalue weighted by atomic mass is 9.91. The molecule has 4 rings (SSSR count). The Morgan fingerprint density at radius 2 is 1.79 bits per heavy atom. The summed E-state index contributed by atoms with van der Waals surface area (Å²) in [7, 11) is 0. The lowest BCUT2D eigenvalue weighted by molar-refractivity contribution is -0.122. The second-order valence-corrected chi connectivity index (χ2v) is 7.57. The number of rotatable bonds is 4. The number of benzene rings is 2. The molecule has 2 aromatic rings. The Bertz CT molecular complexity index is 850. The van der Waals surface area contributed by atoms with Gasteiger partial charge in [-0.15, -0.1) is 0 Å². The maximum absolute atomic E-state index is 12.6. The van der Waals surface area contributed by atoms with Crippen LogP contribution in [0, 0.1) is 0 Å². The Kier molecular flexibility index (Phi) is 5.30. The highest BCUT2D eigenvalue weighted by molar-refractivity contribution is 5.98. The van der Waals surface area contributed by atoms with Gasteiger partial charge in [0.25, 0.3) is 11.8 Å². The van der Waals surface area contributed by atoms with Crippen LogP contribution in [0.3, 0.4) is 0 Å². The summed E-state index contributed by atoms with van der Waals surface area (Å²) < 4.78 is 5.73. The number of nitrogens with two attached hydrogens (primary N) is 1. The maximum Gasteiger partial charge on any atom is 0.265 e. The normalized spacial score (nSPS) is 23.4. The van der Waals surface area contributed by atoms with E-state index in [1.54, 1.807) is 24.3 Å². The molecular weight excluding hydrogens is 354 g/mol. The van der Waals surface area contributed by atoms with Gasteiger partial charge in [0.15, 0.2) is 6.10 Å². The fourth-order valence-corrected chi connectivity index (χ4v) is 3.82. The van der Waals surface area contributed by atoms with Crippen LogP contribution in [0.25, 0.3) is 0 Å². The molecule has 1 fully saturated rings. The quantitative estimate of drug-likeness (QED) is 0.761. The molecule has 1 aliphatic carbocycles. The average Bonchev–Trinajstić information content (AvgIpc) is 3.14. The molecule has 6 nitrogen and oxygen atoms in total. The van der Waals surface area contributed by atoms with E-state index in [0.717, 1.165) is 37.0 Å². The Labute approximate surface area is 164 Å². The second kappa shape index (κ2) is 8.02. The van der Waals surface area contributed by atoms with Crippen LogP contribution in [-0.2, 0) is 11.2 Å². The van der Waals surface area contributed by atoms with Crippen molar-refractivity contribution in [3.05, 3.63) is 59.7 Å². The van der Waals surface area contributed by atoms with Crippen molar-refractivity contribution in [2.75, 3.05) is 5.32 Å². The van der Waals surface area contributed by atoms with E-state index in [2.05, 4.69) is 10.6 Å². The van der Waals surface area contributed by atoms with Crippen molar-refractivity contribution in [3.8, 4) is 5.75 Å². The molecule has 6 heteroatoms. The minimum absolute atomic E-state index is 0.124. The van der Waals surface area contributed by atoms with E-state index < -0.39 is 6.10 Å². The Hall–Kier alpha value is -2.86. The first-order valence-electron chi connectivity index (χ1n) is 9.80. The summed E-state index contributed by atoms with van der Waals surface area (Å²) in [6.07, 6.45) is 3.68. The number of amides is 2. The minimum Gasteiger partial charge on any atom is -0.480 e. The third kappa shape index (κ3) is 4.17. The highest BCUT2D eigenvalue weighted by Gasteiger charge is 2.29. The monoisotopic (exact) mass is 379 g/mol. The summed E-state index contributed by atoms with van der Waals surface area (Å²) >= 11 is 0. The number of carbonyl (C=O) groups excluding carboxylic acids is 2. The van der Waals surface area contributed by atoms with Gasteiger partial charge >= 0.3 is 0 Å². The van der Waals surface area contributed by atoms with Crippen molar-refractivity contribution >= 4 is 17.5 Å². The molecule has 1 aliphatic heterocycles. The van der Waals surface area contributed by atoms with E-state index in [0.29, 0.717) is 17.7 Å². The molecule has 0 spiro atoms. The highest BCUT2D eigenvalue weighted by atomic mass is 16.5. The molecule has 1 heterocycles. The Balaban J connectivity index is 1.36. The summed E-state index contributed by atoms with van der Waals surface area (Å²) in [4.78, 5) is 25.1. The second-order valence-electron chi connectivity index (χ2n) is 7.57. The van der Waals surface area contributed by atoms with Crippen molar-refractivity contribution in [1.82, 2.24) is 5.32 Å². The number of nitrogens with one attached hydrogen (secondary N) is 2. The van der Waals surface area contributed by atoms with Gasteiger partial charge in [-0.3, -0.25) is 9.59 Å². The van der Waals surface area contributed by atoms with Crippen molar-refractivity contribution in [2.45, 2.75) is 50.3 Å². The summed E-state index contributed by atoms with van der Waals surface area (Å²) in [6, 6.07) is 15.1. The lowest BCUT2D eigenvalue weighted by Crippen LogP contribution is -2.40. The van der Waals surface area contributed by atoms with Crippen LogP contribution in [0.4, 0.5) is 5.69 Å². The van der Waals surface area contributed by atoms with E-state index in [1.165, 1.54) is 0 Å². The molecule has 1 unspecified atom stereocenters. The van der Waals surface area contributed by atoms with Crippen molar-refractivity contribution in [3.63, 3.8) is 0 Å². The number of para-hydroxylation sites is 1. The molecule has 0 bridgehead atoms. The van der Waals surface area contributed by atoms with Crippen molar-refractivity contribution in [1.29, 1.82) is 0 Å². The molecule has 146 valence electrons. The van der Waals surface area contributed by atoms with Crippen LogP contribution < -0.4 is 21.1 Å². The molecule has 1 saturated carbocycles. The molecule has 4 N–H and O–H groups in total. The van der Waals surface area contributed by atoms with Crippen LogP contribution in [0.15, 0.2) is 48.5 Å². The fourth-order valence-electron chi connectivity index (χ4n) is 3.82. The number of hydrogen-bond donors (Lipinski definition) is 3. The largest absolute Gasteiger partial charge is 0.480 e. The Morgan fingerprint density at radius 1 is 1.00 bits per heavy atom. The third-order valence-corrected chi connectivity index (χ3v) is 5.44. The first-order valence-corrected chi connectivity index (χ1v) is 9.80. The number of fused-ring (bicyclic) bond motifs is 1. The zero-order chi connectivity index (χ0) is 19.5. The van der Waals surface area contributed by atoms with Crippen molar-refractivity contribution in [2.24, 2.45) is 5.73 Å². The zero-order valence-corrected chi connectivity index (χ0v) is 15.7. The third-order valence-electron chi connectivity index (χ3n) is 5.44. The molecule has 2 amide bonds. The number of carbonyl (C=O) groups is 2. The molecule has 2 aliphatic rings. The summed E-state index contributed by atoms with van der Waals surface area (Å²) in [5.74, 6) is 0.416. The molecular formula is C22H25N3O3. The van der Waals surface area contributed by atoms with E-state index in [1.807, 2.05) is 24.3 Å². The first kappa shape index (κ1) is 18.5. The van der Waals surface area contributed by atoms with Gasteiger partial charge in [0.1, 0.15) is 5.75 Å². The van der Waals surface area contributed by atoms with Gasteiger partial charge in [-0.1, -0.05) is 24.3 Å². The topological polar surface area (TPSA) is 93.5 Å². The smallest absolute Gasteiger partial charge is 0.265 e. The predicted octanol–water partition coefficient (Wildman–Crippen LogP) is 2.63. The van der Waals surface area contributed by atoms with E-state index >= 15 is 0 Å². The number of anilines is 1. The SMILES string of the molecule is NC1CCC(NC(=O)c2cccc(NC(=O)C3Cc4ccccc4O3)c2)CC1.